The molecule has 0 aliphatic heterocycles. The molecular formula is C24H21Cl2N3O2. The van der Waals surface area contributed by atoms with E-state index in [4.69, 9.17) is 32.9 Å². The van der Waals surface area contributed by atoms with Gasteiger partial charge >= 0.3 is 0 Å². The summed E-state index contributed by atoms with van der Waals surface area (Å²) in [7, 11) is 0. The number of imidazole rings is 1. The molecule has 0 aliphatic rings. The van der Waals surface area contributed by atoms with Gasteiger partial charge in [-0.05, 0) is 42.3 Å². The SMILES string of the molecule is O=C(COc1ccc(Cl)cc1Cl)NCc1nc2ccccc2n1CCc1ccccc1. The van der Waals surface area contributed by atoms with Gasteiger partial charge in [-0.3, -0.25) is 4.79 Å². The van der Waals surface area contributed by atoms with E-state index in [1.165, 1.54) is 5.56 Å². The largest absolute Gasteiger partial charge is 0.482 e. The number of para-hydroxylation sites is 2. The topological polar surface area (TPSA) is 56.1 Å². The fraction of sp³-hybridized carbons (Fsp3) is 0.167. The van der Waals surface area contributed by atoms with Crippen molar-refractivity contribution >= 4 is 40.1 Å². The van der Waals surface area contributed by atoms with Crippen LogP contribution in [0.1, 0.15) is 11.4 Å². The van der Waals surface area contributed by atoms with Gasteiger partial charge in [0.15, 0.2) is 6.61 Å². The number of amides is 1. The maximum atomic E-state index is 12.3. The fourth-order valence-corrected chi connectivity index (χ4v) is 3.82. The van der Waals surface area contributed by atoms with E-state index in [2.05, 4.69) is 22.0 Å². The van der Waals surface area contributed by atoms with Gasteiger partial charge in [-0.1, -0.05) is 65.7 Å². The van der Waals surface area contributed by atoms with Crippen LogP contribution in [-0.4, -0.2) is 22.1 Å². The number of hydrogen-bond donors (Lipinski definition) is 1. The molecule has 4 aromatic rings. The average Bonchev–Trinajstić information content (AvgIpc) is 3.14. The van der Waals surface area contributed by atoms with Crippen molar-refractivity contribution in [3.05, 3.63) is 94.2 Å². The summed E-state index contributed by atoms with van der Waals surface area (Å²) in [6.07, 6.45) is 0.875. The first kappa shape index (κ1) is 21.2. The smallest absolute Gasteiger partial charge is 0.258 e. The zero-order valence-corrected chi connectivity index (χ0v) is 18.2. The molecule has 7 heteroatoms. The van der Waals surface area contributed by atoms with Crippen LogP contribution >= 0.6 is 23.2 Å². The van der Waals surface area contributed by atoms with Gasteiger partial charge in [0, 0.05) is 11.6 Å². The van der Waals surface area contributed by atoms with E-state index in [1.807, 2.05) is 42.5 Å². The Balaban J connectivity index is 1.42. The minimum absolute atomic E-state index is 0.147. The number of rotatable bonds is 8. The molecule has 1 amide bonds. The van der Waals surface area contributed by atoms with E-state index in [0.717, 1.165) is 29.8 Å². The van der Waals surface area contributed by atoms with Crippen LogP contribution in [-0.2, 0) is 24.3 Å². The minimum Gasteiger partial charge on any atom is -0.482 e. The lowest BCUT2D eigenvalue weighted by Gasteiger charge is -2.11. The number of benzene rings is 3. The van der Waals surface area contributed by atoms with Crippen LogP contribution in [0.15, 0.2) is 72.8 Å². The monoisotopic (exact) mass is 453 g/mol. The Kier molecular flexibility index (Phi) is 6.75. The molecule has 5 nitrogen and oxygen atoms in total. The third-order valence-electron chi connectivity index (χ3n) is 4.90. The number of carbonyl (C=O) groups excluding carboxylic acids is 1. The van der Waals surface area contributed by atoms with Crippen LogP contribution in [0.5, 0.6) is 5.75 Å². The molecule has 3 aromatic carbocycles. The molecule has 0 saturated carbocycles. The number of hydrogen-bond acceptors (Lipinski definition) is 3. The van der Waals surface area contributed by atoms with Gasteiger partial charge in [0.05, 0.1) is 22.6 Å². The molecular weight excluding hydrogens is 433 g/mol. The second-order valence-electron chi connectivity index (χ2n) is 7.04. The van der Waals surface area contributed by atoms with Crippen LogP contribution in [0.25, 0.3) is 11.0 Å². The Morgan fingerprint density at radius 2 is 1.77 bits per heavy atom. The Hall–Kier alpha value is -3.02. The third-order valence-corrected chi connectivity index (χ3v) is 5.43. The van der Waals surface area contributed by atoms with Crippen LogP contribution in [0.2, 0.25) is 10.0 Å². The van der Waals surface area contributed by atoms with Crippen LogP contribution in [0.3, 0.4) is 0 Å². The van der Waals surface area contributed by atoms with Gasteiger partial charge < -0.3 is 14.6 Å². The van der Waals surface area contributed by atoms with E-state index in [9.17, 15) is 4.79 Å². The predicted molar refractivity (Wildman–Crippen MR) is 124 cm³/mol. The van der Waals surface area contributed by atoms with Gasteiger partial charge in [0.2, 0.25) is 0 Å². The number of aromatic nitrogens is 2. The van der Waals surface area contributed by atoms with Crippen molar-refractivity contribution in [1.29, 1.82) is 0 Å². The van der Waals surface area contributed by atoms with Crippen molar-refractivity contribution < 1.29 is 9.53 Å². The number of nitrogens with one attached hydrogen (secondary N) is 1. The minimum atomic E-state index is -0.257. The average molecular weight is 454 g/mol. The van der Waals surface area contributed by atoms with Crippen molar-refractivity contribution in [2.45, 2.75) is 19.5 Å². The van der Waals surface area contributed by atoms with Crippen molar-refractivity contribution in [2.75, 3.05) is 6.61 Å². The summed E-state index contributed by atoms with van der Waals surface area (Å²) in [4.78, 5) is 17.0. The van der Waals surface area contributed by atoms with Gasteiger partial charge in [-0.25, -0.2) is 4.98 Å². The first-order valence-corrected chi connectivity index (χ1v) is 10.7. The standard InChI is InChI=1S/C24H21Cl2N3O2/c25-18-10-11-22(19(26)14-18)31-16-24(30)27-15-23-28-20-8-4-5-9-21(20)29(23)13-12-17-6-2-1-3-7-17/h1-11,14H,12-13,15-16H2,(H,27,30). The number of carbonyl (C=O) groups is 1. The highest BCUT2D eigenvalue weighted by molar-refractivity contribution is 6.35. The summed E-state index contributed by atoms with van der Waals surface area (Å²) in [6.45, 7) is 0.929. The van der Waals surface area contributed by atoms with Gasteiger partial charge in [-0.15, -0.1) is 0 Å². The quantitative estimate of drug-likeness (QED) is 0.394. The number of ether oxygens (including phenoxy) is 1. The lowest BCUT2D eigenvalue weighted by atomic mass is 10.1. The van der Waals surface area contributed by atoms with Crippen molar-refractivity contribution in [2.24, 2.45) is 0 Å². The Morgan fingerprint density at radius 1 is 1.00 bits per heavy atom. The lowest BCUT2D eigenvalue weighted by molar-refractivity contribution is -0.123. The first-order chi connectivity index (χ1) is 15.1. The molecule has 0 bridgehead atoms. The number of aryl methyl sites for hydroxylation is 2. The van der Waals surface area contributed by atoms with Gasteiger partial charge in [-0.2, -0.15) is 0 Å². The molecule has 1 N–H and O–H groups in total. The molecule has 0 saturated heterocycles. The normalized spacial score (nSPS) is 10.9. The molecule has 0 fully saturated rings. The summed E-state index contributed by atoms with van der Waals surface area (Å²) >= 11 is 12.0. The lowest BCUT2D eigenvalue weighted by Crippen LogP contribution is -2.29. The van der Waals surface area contributed by atoms with Gasteiger partial charge in [0.25, 0.3) is 5.91 Å². The predicted octanol–water partition coefficient (Wildman–Crippen LogP) is 5.28. The van der Waals surface area contributed by atoms with Gasteiger partial charge in [0.1, 0.15) is 11.6 Å². The third kappa shape index (κ3) is 5.37. The molecule has 1 aromatic heterocycles. The Bertz CT molecular complexity index is 1190. The maximum Gasteiger partial charge on any atom is 0.258 e. The van der Waals surface area contributed by atoms with Crippen molar-refractivity contribution in [1.82, 2.24) is 14.9 Å². The first-order valence-electron chi connectivity index (χ1n) is 9.93. The van der Waals surface area contributed by atoms with E-state index in [-0.39, 0.29) is 12.5 Å². The molecule has 4 rings (SSSR count). The molecule has 0 atom stereocenters. The summed E-state index contributed by atoms with van der Waals surface area (Å²) in [5.41, 5.74) is 3.21. The molecule has 31 heavy (non-hydrogen) atoms. The molecule has 0 spiro atoms. The molecule has 0 radical (unpaired) electrons. The van der Waals surface area contributed by atoms with E-state index in [0.29, 0.717) is 22.3 Å². The molecule has 1 heterocycles. The number of halogens is 2. The van der Waals surface area contributed by atoms with E-state index < -0.39 is 0 Å². The highest BCUT2D eigenvalue weighted by atomic mass is 35.5. The van der Waals surface area contributed by atoms with Crippen molar-refractivity contribution in [3.8, 4) is 5.75 Å². The van der Waals surface area contributed by atoms with Crippen molar-refractivity contribution in [3.63, 3.8) is 0 Å². The Labute approximate surface area is 190 Å². The summed E-state index contributed by atoms with van der Waals surface area (Å²) in [5.74, 6) is 0.957. The second kappa shape index (κ2) is 9.86. The zero-order chi connectivity index (χ0) is 21.6. The van der Waals surface area contributed by atoms with Crippen LogP contribution in [0.4, 0.5) is 0 Å². The maximum absolute atomic E-state index is 12.3. The molecule has 0 unspecified atom stereocenters. The molecule has 158 valence electrons. The fourth-order valence-electron chi connectivity index (χ4n) is 3.36. The van der Waals surface area contributed by atoms with Crippen LogP contribution < -0.4 is 10.1 Å². The number of nitrogens with zero attached hydrogens (tertiary/aromatic N) is 2. The highest BCUT2D eigenvalue weighted by Gasteiger charge is 2.12. The Morgan fingerprint density at radius 3 is 2.58 bits per heavy atom. The van der Waals surface area contributed by atoms with E-state index >= 15 is 0 Å². The zero-order valence-electron chi connectivity index (χ0n) is 16.7. The summed E-state index contributed by atoms with van der Waals surface area (Å²) in [5, 5.41) is 3.76. The number of fused-ring (bicyclic) bond motifs is 1. The van der Waals surface area contributed by atoms with E-state index in [1.54, 1.807) is 18.2 Å². The second-order valence-corrected chi connectivity index (χ2v) is 7.89. The molecule has 0 aliphatic carbocycles. The summed E-state index contributed by atoms with van der Waals surface area (Å²) in [6, 6.07) is 23.2. The summed E-state index contributed by atoms with van der Waals surface area (Å²) < 4.78 is 7.66. The highest BCUT2D eigenvalue weighted by Crippen LogP contribution is 2.27. The van der Waals surface area contributed by atoms with Crippen LogP contribution in [0, 0.1) is 0 Å².